The maximum Gasteiger partial charge on any atom is 0.258 e. The fourth-order valence-corrected chi connectivity index (χ4v) is 5.11. The highest BCUT2D eigenvalue weighted by molar-refractivity contribution is 6.06. The lowest BCUT2D eigenvalue weighted by molar-refractivity contribution is 0.0982. The van der Waals surface area contributed by atoms with Gasteiger partial charge in [-0.05, 0) is 85.3 Å². The van der Waals surface area contributed by atoms with E-state index in [1.54, 1.807) is 24.3 Å². The van der Waals surface area contributed by atoms with Gasteiger partial charge in [0.2, 0.25) is 0 Å². The number of hydrogen-bond donors (Lipinski definition) is 1. The van der Waals surface area contributed by atoms with Gasteiger partial charge in [0.25, 0.3) is 5.91 Å². The maximum absolute atomic E-state index is 13.7. The molecule has 182 valence electrons. The Bertz CT molecular complexity index is 1160. The summed E-state index contributed by atoms with van der Waals surface area (Å²) in [6.07, 6.45) is 8.12. The number of anilines is 3. The van der Waals surface area contributed by atoms with Crippen molar-refractivity contribution in [2.45, 2.75) is 25.7 Å². The molecule has 0 atom stereocenters. The second kappa shape index (κ2) is 10.4. The minimum atomic E-state index is -0.212. The van der Waals surface area contributed by atoms with Gasteiger partial charge in [0.15, 0.2) is 0 Å². The smallest absolute Gasteiger partial charge is 0.258 e. The van der Waals surface area contributed by atoms with Crippen molar-refractivity contribution in [2.75, 3.05) is 54.8 Å². The average molecular weight is 474 g/mol. The molecule has 0 radical (unpaired) electrons. The predicted molar refractivity (Wildman–Crippen MR) is 138 cm³/mol. The van der Waals surface area contributed by atoms with Crippen LogP contribution in [0.2, 0.25) is 0 Å². The van der Waals surface area contributed by atoms with Crippen LogP contribution >= 0.6 is 0 Å². The summed E-state index contributed by atoms with van der Waals surface area (Å²) in [5, 5.41) is 0. The first kappa shape index (κ1) is 23.3. The molecule has 3 aromatic rings. The van der Waals surface area contributed by atoms with Gasteiger partial charge in [-0.2, -0.15) is 0 Å². The summed E-state index contributed by atoms with van der Waals surface area (Å²) in [7, 11) is 0. The van der Waals surface area contributed by atoms with Crippen LogP contribution in [0.4, 0.5) is 21.5 Å². The van der Waals surface area contributed by atoms with Crippen molar-refractivity contribution in [1.82, 2.24) is 9.88 Å². The lowest BCUT2D eigenvalue weighted by Crippen LogP contribution is -2.49. The van der Waals surface area contributed by atoms with Crippen molar-refractivity contribution in [3.63, 3.8) is 0 Å². The van der Waals surface area contributed by atoms with Gasteiger partial charge in [-0.1, -0.05) is 0 Å². The van der Waals surface area contributed by atoms with Crippen molar-refractivity contribution in [3.05, 3.63) is 83.4 Å². The molecule has 0 bridgehead atoms. The zero-order valence-corrected chi connectivity index (χ0v) is 20.0. The molecule has 5 rings (SSSR count). The number of carbonyl (C=O) groups is 1. The van der Waals surface area contributed by atoms with Crippen LogP contribution in [0.3, 0.4) is 0 Å². The first-order valence-corrected chi connectivity index (χ1v) is 12.4. The van der Waals surface area contributed by atoms with Crippen LogP contribution in [0.25, 0.3) is 0 Å². The number of benzene rings is 2. The molecule has 1 aromatic heterocycles. The summed E-state index contributed by atoms with van der Waals surface area (Å²) < 4.78 is 13.3. The monoisotopic (exact) mass is 473 g/mol. The third kappa shape index (κ3) is 5.30. The number of halogens is 1. The third-order valence-electron chi connectivity index (χ3n) is 7.14. The molecular formula is C28H32FN5O. The predicted octanol–water partition coefficient (Wildman–Crippen LogP) is 4.15. The van der Waals surface area contributed by atoms with Gasteiger partial charge in [0, 0.05) is 62.4 Å². The Morgan fingerprint density at radius 1 is 0.943 bits per heavy atom. The molecular weight excluding hydrogens is 441 g/mol. The van der Waals surface area contributed by atoms with E-state index in [4.69, 9.17) is 5.73 Å². The van der Waals surface area contributed by atoms with Crippen molar-refractivity contribution < 1.29 is 9.18 Å². The molecule has 0 spiro atoms. The van der Waals surface area contributed by atoms with Crippen LogP contribution in [0, 0.1) is 5.82 Å². The molecule has 1 amide bonds. The SMILES string of the molecule is Nc1ccc(C(=O)N(CCN2CCN(c3ccc(F)cc3)CC2)c2cncc3c2CCCC3)cc1. The number of rotatable bonds is 6. The highest BCUT2D eigenvalue weighted by Crippen LogP contribution is 2.30. The number of amides is 1. The molecule has 35 heavy (non-hydrogen) atoms. The maximum atomic E-state index is 13.7. The van der Waals surface area contributed by atoms with E-state index in [-0.39, 0.29) is 11.7 Å². The number of aromatic nitrogens is 1. The van der Waals surface area contributed by atoms with Gasteiger partial charge in [0.05, 0.1) is 11.9 Å². The largest absolute Gasteiger partial charge is 0.399 e. The minimum absolute atomic E-state index is 0.0179. The van der Waals surface area contributed by atoms with E-state index in [1.807, 2.05) is 29.4 Å². The van der Waals surface area contributed by atoms with Gasteiger partial charge in [-0.3, -0.25) is 14.7 Å². The fourth-order valence-electron chi connectivity index (χ4n) is 5.11. The lowest BCUT2D eigenvalue weighted by atomic mass is 9.92. The number of fused-ring (bicyclic) bond motifs is 1. The number of piperazine rings is 1. The summed E-state index contributed by atoms with van der Waals surface area (Å²) >= 11 is 0. The summed E-state index contributed by atoms with van der Waals surface area (Å²) in [5.41, 5.74) is 11.6. The Hall–Kier alpha value is -3.45. The molecule has 2 aromatic carbocycles. The Morgan fingerprint density at radius 2 is 1.66 bits per heavy atom. The molecule has 1 aliphatic heterocycles. The normalized spacial score (nSPS) is 16.1. The average Bonchev–Trinajstić information content (AvgIpc) is 2.90. The molecule has 7 heteroatoms. The van der Waals surface area contributed by atoms with Gasteiger partial charge >= 0.3 is 0 Å². The van der Waals surface area contributed by atoms with E-state index in [0.29, 0.717) is 17.8 Å². The Kier molecular flexibility index (Phi) is 6.95. The van der Waals surface area contributed by atoms with Crippen LogP contribution in [0.5, 0.6) is 0 Å². The Morgan fingerprint density at radius 3 is 2.40 bits per heavy atom. The Balaban J connectivity index is 1.31. The number of nitrogens with zero attached hydrogens (tertiary/aromatic N) is 4. The molecule has 1 aliphatic carbocycles. The van der Waals surface area contributed by atoms with E-state index >= 15 is 0 Å². The zero-order chi connectivity index (χ0) is 24.2. The van der Waals surface area contributed by atoms with Crippen LogP contribution in [0.15, 0.2) is 60.9 Å². The van der Waals surface area contributed by atoms with E-state index in [1.165, 1.54) is 29.7 Å². The number of carbonyl (C=O) groups excluding carboxylic acids is 1. The fraction of sp³-hybridized carbons (Fsp3) is 0.357. The van der Waals surface area contributed by atoms with Gasteiger partial charge in [-0.15, -0.1) is 0 Å². The van der Waals surface area contributed by atoms with Crippen molar-refractivity contribution in [2.24, 2.45) is 0 Å². The summed E-state index contributed by atoms with van der Waals surface area (Å²) in [6.45, 7) is 4.91. The van der Waals surface area contributed by atoms with E-state index in [2.05, 4.69) is 14.8 Å². The molecule has 6 nitrogen and oxygen atoms in total. The molecule has 2 N–H and O–H groups in total. The standard InChI is InChI=1S/C28H32FN5O/c29-23-7-11-25(12-8-23)33-16-13-32(14-17-33)15-18-34(28(35)21-5-9-24(30)10-6-21)27-20-31-19-22-3-1-2-4-26(22)27/h5-12,19-20H,1-4,13-18,30H2. The van der Waals surface area contributed by atoms with E-state index in [0.717, 1.165) is 63.4 Å². The van der Waals surface area contributed by atoms with Crippen LogP contribution < -0.4 is 15.5 Å². The first-order valence-electron chi connectivity index (χ1n) is 12.4. The van der Waals surface area contributed by atoms with Gasteiger partial charge in [-0.25, -0.2) is 4.39 Å². The molecule has 1 saturated heterocycles. The van der Waals surface area contributed by atoms with Crippen molar-refractivity contribution >= 4 is 23.0 Å². The Labute approximate surface area is 206 Å². The molecule has 0 unspecified atom stereocenters. The molecule has 2 heterocycles. The van der Waals surface area contributed by atoms with Crippen LogP contribution in [-0.2, 0) is 12.8 Å². The summed E-state index contributed by atoms with van der Waals surface area (Å²) in [6, 6.07) is 13.8. The summed E-state index contributed by atoms with van der Waals surface area (Å²) in [5.74, 6) is -0.230. The van der Waals surface area contributed by atoms with Gasteiger partial charge < -0.3 is 15.5 Å². The second-order valence-electron chi connectivity index (χ2n) is 9.39. The molecule has 2 aliphatic rings. The third-order valence-corrected chi connectivity index (χ3v) is 7.14. The number of nitrogen functional groups attached to an aromatic ring is 1. The van der Waals surface area contributed by atoms with E-state index in [9.17, 15) is 9.18 Å². The first-order chi connectivity index (χ1) is 17.1. The lowest BCUT2D eigenvalue weighted by Gasteiger charge is -2.37. The van der Waals surface area contributed by atoms with Crippen molar-refractivity contribution in [1.29, 1.82) is 0 Å². The molecule has 0 saturated carbocycles. The quantitative estimate of drug-likeness (QED) is 0.545. The number of nitrogens with two attached hydrogens (primary N) is 1. The van der Waals surface area contributed by atoms with Crippen LogP contribution in [-0.4, -0.2) is 55.1 Å². The number of hydrogen-bond acceptors (Lipinski definition) is 5. The highest BCUT2D eigenvalue weighted by atomic mass is 19.1. The van der Waals surface area contributed by atoms with Crippen LogP contribution in [0.1, 0.15) is 34.3 Å². The number of aryl methyl sites for hydroxylation is 1. The summed E-state index contributed by atoms with van der Waals surface area (Å²) in [4.78, 5) is 24.8. The number of pyridine rings is 1. The zero-order valence-electron chi connectivity index (χ0n) is 20.0. The topological polar surface area (TPSA) is 65.7 Å². The van der Waals surface area contributed by atoms with Crippen molar-refractivity contribution in [3.8, 4) is 0 Å². The minimum Gasteiger partial charge on any atom is -0.399 e. The molecule has 1 fully saturated rings. The van der Waals surface area contributed by atoms with Gasteiger partial charge in [0.1, 0.15) is 5.82 Å². The second-order valence-corrected chi connectivity index (χ2v) is 9.39. The van der Waals surface area contributed by atoms with E-state index < -0.39 is 0 Å². The highest BCUT2D eigenvalue weighted by Gasteiger charge is 2.25.